The summed E-state index contributed by atoms with van der Waals surface area (Å²) in [6.45, 7) is 2.67. The van der Waals surface area contributed by atoms with Gasteiger partial charge < -0.3 is 9.84 Å². The van der Waals surface area contributed by atoms with Gasteiger partial charge in [0.1, 0.15) is 5.75 Å². The number of methoxy groups -OCH3 is 1. The third-order valence-corrected chi connectivity index (χ3v) is 2.71. The number of hydrogen-bond acceptors (Lipinski definition) is 3. The molecule has 0 saturated heterocycles. The Morgan fingerprint density at radius 3 is 2.88 bits per heavy atom. The molecular weight excluding hydrogens is 216 g/mol. The first-order valence-corrected chi connectivity index (χ1v) is 5.53. The maximum atomic E-state index is 8.85. The number of ether oxygens (including phenoxy) is 1. The molecule has 2 aromatic rings. The minimum absolute atomic E-state index is 0.0999. The number of aromatic nitrogens is 2. The summed E-state index contributed by atoms with van der Waals surface area (Å²) in [6.07, 6.45) is 3.75. The summed E-state index contributed by atoms with van der Waals surface area (Å²) in [5.41, 5.74) is 3.33. The quantitative estimate of drug-likeness (QED) is 0.875. The zero-order chi connectivity index (χ0) is 12.3. The monoisotopic (exact) mass is 232 g/mol. The molecule has 17 heavy (non-hydrogen) atoms. The lowest BCUT2D eigenvalue weighted by atomic mass is 10.0. The Morgan fingerprint density at radius 2 is 2.24 bits per heavy atom. The van der Waals surface area contributed by atoms with Crippen molar-refractivity contribution in [3.05, 3.63) is 36.2 Å². The van der Waals surface area contributed by atoms with Crippen LogP contribution in [0.3, 0.4) is 0 Å². The average molecular weight is 232 g/mol. The Bertz CT molecular complexity index is 506. The van der Waals surface area contributed by atoms with Crippen LogP contribution >= 0.6 is 0 Å². The van der Waals surface area contributed by atoms with Gasteiger partial charge in [-0.1, -0.05) is 6.07 Å². The summed E-state index contributed by atoms with van der Waals surface area (Å²) in [4.78, 5) is 0. The molecule has 0 unspecified atom stereocenters. The molecule has 4 heteroatoms. The third kappa shape index (κ3) is 2.47. The van der Waals surface area contributed by atoms with Crippen LogP contribution in [0, 0.1) is 6.92 Å². The molecule has 0 amide bonds. The van der Waals surface area contributed by atoms with E-state index in [9.17, 15) is 0 Å². The Labute approximate surface area is 100 Å². The van der Waals surface area contributed by atoms with Gasteiger partial charge in [0.2, 0.25) is 0 Å². The van der Waals surface area contributed by atoms with Crippen molar-refractivity contribution in [2.45, 2.75) is 13.5 Å². The molecular formula is C13H16N2O2. The molecule has 0 fully saturated rings. The van der Waals surface area contributed by atoms with E-state index in [0.717, 1.165) is 22.4 Å². The molecule has 1 aromatic carbocycles. The molecule has 0 atom stereocenters. The number of aryl methyl sites for hydroxylation is 1. The van der Waals surface area contributed by atoms with Gasteiger partial charge in [0.25, 0.3) is 0 Å². The lowest BCUT2D eigenvalue weighted by molar-refractivity contribution is 0.269. The van der Waals surface area contributed by atoms with Crippen LogP contribution < -0.4 is 4.74 Å². The van der Waals surface area contributed by atoms with Crippen molar-refractivity contribution in [2.75, 3.05) is 13.7 Å². The highest BCUT2D eigenvalue weighted by Crippen LogP contribution is 2.26. The fourth-order valence-corrected chi connectivity index (χ4v) is 1.81. The molecule has 0 bridgehead atoms. The topological polar surface area (TPSA) is 47.3 Å². The molecule has 1 heterocycles. The van der Waals surface area contributed by atoms with Crippen LogP contribution in [0.2, 0.25) is 0 Å². The second-order valence-electron chi connectivity index (χ2n) is 3.90. The summed E-state index contributed by atoms with van der Waals surface area (Å²) in [5.74, 6) is 0.856. The zero-order valence-electron chi connectivity index (χ0n) is 10.1. The molecule has 90 valence electrons. The van der Waals surface area contributed by atoms with Gasteiger partial charge in [-0.2, -0.15) is 5.10 Å². The average Bonchev–Trinajstić information content (AvgIpc) is 2.78. The first-order valence-electron chi connectivity index (χ1n) is 5.53. The van der Waals surface area contributed by atoms with E-state index in [0.29, 0.717) is 6.54 Å². The minimum Gasteiger partial charge on any atom is -0.497 e. The summed E-state index contributed by atoms with van der Waals surface area (Å²) in [7, 11) is 1.66. The van der Waals surface area contributed by atoms with Crippen molar-refractivity contribution in [2.24, 2.45) is 0 Å². The molecule has 0 saturated carbocycles. The van der Waals surface area contributed by atoms with Crippen LogP contribution in [0.5, 0.6) is 5.75 Å². The highest BCUT2D eigenvalue weighted by atomic mass is 16.5. The van der Waals surface area contributed by atoms with Gasteiger partial charge >= 0.3 is 0 Å². The Morgan fingerprint density at radius 1 is 1.41 bits per heavy atom. The summed E-state index contributed by atoms with van der Waals surface area (Å²) in [6, 6.07) is 5.96. The van der Waals surface area contributed by atoms with Crippen LogP contribution in [0.1, 0.15) is 5.56 Å². The van der Waals surface area contributed by atoms with Crippen LogP contribution in [-0.4, -0.2) is 28.6 Å². The van der Waals surface area contributed by atoms with Crippen molar-refractivity contribution in [3.8, 4) is 16.9 Å². The second-order valence-corrected chi connectivity index (χ2v) is 3.90. The van der Waals surface area contributed by atoms with Crippen molar-refractivity contribution in [1.29, 1.82) is 0 Å². The standard InChI is InChI=1S/C13H16N2O2/c1-10-7-12(17-2)3-4-13(10)11-8-14-15(9-11)5-6-16/h3-4,7-9,16H,5-6H2,1-2H3. The van der Waals surface area contributed by atoms with Gasteiger partial charge in [0.15, 0.2) is 0 Å². The Balaban J connectivity index is 2.32. The summed E-state index contributed by atoms with van der Waals surface area (Å²) >= 11 is 0. The molecule has 0 aliphatic heterocycles. The summed E-state index contributed by atoms with van der Waals surface area (Å²) < 4.78 is 6.91. The Kier molecular flexibility index (Phi) is 3.44. The highest BCUT2D eigenvalue weighted by molar-refractivity contribution is 5.66. The lowest BCUT2D eigenvalue weighted by Crippen LogP contribution is -2.01. The molecule has 2 rings (SSSR count). The molecule has 0 aliphatic carbocycles. The fourth-order valence-electron chi connectivity index (χ4n) is 1.81. The van der Waals surface area contributed by atoms with E-state index in [1.54, 1.807) is 11.8 Å². The van der Waals surface area contributed by atoms with E-state index in [-0.39, 0.29) is 6.61 Å². The third-order valence-electron chi connectivity index (χ3n) is 2.71. The lowest BCUT2D eigenvalue weighted by Gasteiger charge is -2.05. The largest absolute Gasteiger partial charge is 0.497 e. The number of benzene rings is 1. The van der Waals surface area contributed by atoms with Crippen molar-refractivity contribution >= 4 is 0 Å². The fraction of sp³-hybridized carbons (Fsp3) is 0.308. The highest BCUT2D eigenvalue weighted by Gasteiger charge is 2.05. The zero-order valence-corrected chi connectivity index (χ0v) is 10.1. The van der Waals surface area contributed by atoms with E-state index in [1.807, 2.05) is 37.5 Å². The van der Waals surface area contributed by atoms with E-state index in [4.69, 9.17) is 9.84 Å². The van der Waals surface area contributed by atoms with Gasteiger partial charge in [0.05, 0.1) is 26.5 Å². The maximum Gasteiger partial charge on any atom is 0.119 e. The van der Waals surface area contributed by atoms with Crippen molar-refractivity contribution in [3.63, 3.8) is 0 Å². The maximum absolute atomic E-state index is 8.85. The molecule has 0 aliphatic rings. The Hall–Kier alpha value is -1.81. The van der Waals surface area contributed by atoms with Gasteiger partial charge in [0, 0.05) is 11.8 Å². The van der Waals surface area contributed by atoms with Gasteiger partial charge in [-0.25, -0.2) is 0 Å². The van der Waals surface area contributed by atoms with Crippen molar-refractivity contribution < 1.29 is 9.84 Å². The van der Waals surface area contributed by atoms with Crippen LogP contribution in [-0.2, 0) is 6.54 Å². The first kappa shape index (κ1) is 11.7. The molecule has 0 radical (unpaired) electrons. The normalized spacial score (nSPS) is 10.5. The van der Waals surface area contributed by atoms with E-state index in [1.165, 1.54) is 0 Å². The van der Waals surface area contributed by atoms with Gasteiger partial charge in [-0.15, -0.1) is 0 Å². The SMILES string of the molecule is COc1ccc(-c2cnn(CCO)c2)c(C)c1. The first-order chi connectivity index (χ1) is 8.24. The summed E-state index contributed by atoms with van der Waals surface area (Å²) in [5, 5.41) is 13.0. The number of aliphatic hydroxyl groups excluding tert-OH is 1. The van der Waals surface area contributed by atoms with E-state index >= 15 is 0 Å². The second kappa shape index (κ2) is 5.01. The van der Waals surface area contributed by atoms with Gasteiger partial charge in [-0.05, 0) is 30.2 Å². The smallest absolute Gasteiger partial charge is 0.119 e. The molecule has 4 nitrogen and oxygen atoms in total. The number of aliphatic hydroxyl groups is 1. The van der Waals surface area contributed by atoms with E-state index < -0.39 is 0 Å². The molecule has 1 N–H and O–H groups in total. The number of rotatable bonds is 4. The molecule has 0 spiro atoms. The van der Waals surface area contributed by atoms with Crippen molar-refractivity contribution in [1.82, 2.24) is 9.78 Å². The number of hydrogen-bond donors (Lipinski definition) is 1. The van der Waals surface area contributed by atoms with Crippen LogP contribution in [0.4, 0.5) is 0 Å². The van der Waals surface area contributed by atoms with E-state index in [2.05, 4.69) is 5.10 Å². The van der Waals surface area contributed by atoms with Crippen LogP contribution in [0.15, 0.2) is 30.6 Å². The predicted octanol–water partition coefficient (Wildman–Crippen LogP) is 1.86. The predicted molar refractivity (Wildman–Crippen MR) is 66.0 cm³/mol. The molecule has 1 aromatic heterocycles. The number of nitrogens with zero attached hydrogens (tertiary/aromatic N) is 2. The minimum atomic E-state index is 0.0999. The van der Waals surface area contributed by atoms with Crippen LogP contribution in [0.25, 0.3) is 11.1 Å². The van der Waals surface area contributed by atoms with Gasteiger partial charge in [-0.3, -0.25) is 4.68 Å².